The van der Waals surface area contributed by atoms with Gasteiger partial charge >= 0.3 is 0 Å². The van der Waals surface area contributed by atoms with Gasteiger partial charge in [-0.25, -0.2) is 4.98 Å². The number of benzene rings is 1. The van der Waals surface area contributed by atoms with Gasteiger partial charge in [0.05, 0.1) is 5.69 Å². The van der Waals surface area contributed by atoms with E-state index in [0.29, 0.717) is 17.2 Å². The van der Waals surface area contributed by atoms with Gasteiger partial charge in [0, 0.05) is 23.7 Å². The van der Waals surface area contributed by atoms with Crippen LogP contribution in [-0.2, 0) is 11.2 Å². The number of carbonyl (C=O) groups is 2. The maximum Gasteiger partial charge on any atom is 0.263 e. The van der Waals surface area contributed by atoms with Crippen LogP contribution in [0, 0.1) is 13.8 Å². The summed E-state index contributed by atoms with van der Waals surface area (Å²) in [7, 11) is 0. The lowest BCUT2D eigenvalue weighted by atomic mass is 10.1. The molecule has 0 radical (unpaired) electrons. The Morgan fingerprint density at radius 1 is 1.18 bits per heavy atom. The molecule has 0 aliphatic heterocycles. The summed E-state index contributed by atoms with van der Waals surface area (Å²) in [5.74, 6) is -0.612. The van der Waals surface area contributed by atoms with Crippen molar-refractivity contribution < 1.29 is 9.59 Å². The predicted octanol–water partition coefficient (Wildman–Crippen LogP) is 3.27. The Hall–Kier alpha value is -3.26. The summed E-state index contributed by atoms with van der Waals surface area (Å²) in [6.45, 7) is 3.92. The molecule has 0 bridgehead atoms. The molecule has 3 N–H and O–H groups in total. The predicted molar refractivity (Wildman–Crippen MR) is 110 cm³/mol. The van der Waals surface area contributed by atoms with Gasteiger partial charge in [0.25, 0.3) is 11.5 Å². The van der Waals surface area contributed by atoms with Gasteiger partial charge < -0.3 is 10.3 Å². The van der Waals surface area contributed by atoms with Crippen LogP contribution in [0.25, 0.3) is 0 Å². The van der Waals surface area contributed by atoms with Crippen LogP contribution < -0.4 is 16.2 Å². The number of carbonyl (C=O) groups excluding carboxylic acids is 2. The van der Waals surface area contributed by atoms with E-state index < -0.39 is 11.5 Å². The first-order valence-corrected chi connectivity index (χ1v) is 9.61. The maximum absolute atomic E-state index is 12.2. The maximum atomic E-state index is 12.2. The minimum atomic E-state index is -0.518. The molecular weight excluding hydrogens is 376 g/mol. The third-order valence-electron chi connectivity index (χ3n) is 4.11. The van der Waals surface area contributed by atoms with Crippen LogP contribution in [0.15, 0.2) is 46.7 Å². The topological polar surface area (TPSA) is 104 Å². The average Bonchev–Trinajstić information content (AvgIpc) is 3.10. The number of nitrogens with zero attached hydrogens (tertiary/aromatic N) is 1. The summed E-state index contributed by atoms with van der Waals surface area (Å²) in [6.07, 6.45) is 2.20. The molecule has 3 rings (SSSR count). The fourth-order valence-corrected chi connectivity index (χ4v) is 3.31. The summed E-state index contributed by atoms with van der Waals surface area (Å²) in [6, 6.07) is 8.94. The van der Waals surface area contributed by atoms with Crippen LogP contribution in [0.5, 0.6) is 0 Å². The number of thiazole rings is 1. The number of hydrogen-bond donors (Lipinski definition) is 3. The minimum Gasteiger partial charge on any atom is -0.328 e. The molecule has 0 unspecified atom stereocenters. The van der Waals surface area contributed by atoms with Gasteiger partial charge in [-0.3, -0.25) is 19.7 Å². The quantitative estimate of drug-likeness (QED) is 0.595. The van der Waals surface area contributed by atoms with Crippen LogP contribution in [0.1, 0.15) is 33.6 Å². The normalized spacial score (nSPS) is 10.5. The number of pyridine rings is 1. The zero-order chi connectivity index (χ0) is 20.1. The van der Waals surface area contributed by atoms with Crippen LogP contribution in [0.2, 0.25) is 0 Å². The van der Waals surface area contributed by atoms with Gasteiger partial charge in [-0.2, -0.15) is 0 Å². The van der Waals surface area contributed by atoms with E-state index in [-0.39, 0.29) is 17.9 Å². The Balaban J connectivity index is 1.55. The van der Waals surface area contributed by atoms with Crippen molar-refractivity contribution >= 4 is 34.0 Å². The van der Waals surface area contributed by atoms with Crippen molar-refractivity contribution in [3.63, 3.8) is 0 Å². The number of H-pyrrole nitrogens is 1. The van der Waals surface area contributed by atoms with E-state index in [4.69, 9.17) is 0 Å². The number of aromatic nitrogens is 2. The van der Waals surface area contributed by atoms with Gasteiger partial charge in [-0.1, -0.05) is 12.1 Å². The lowest BCUT2D eigenvalue weighted by Crippen LogP contribution is -2.22. The second-order valence-electron chi connectivity index (χ2n) is 6.38. The van der Waals surface area contributed by atoms with Gasteiger partial charge in [-0.15, -0.1) is 11.3 Å². The monoisotopic (exact) mass is 396 g/mol. The molecule has 2 aromatic heterocycles. The highest BCUT2D eigenvalue weighted by Gasteiger charge is 2.13. The SMILES string of the molecule is Cc1ccc(C)c(NC(=O)CCc2csc(NC(=O)c3ccc[nH]c3=O)n2)c1. The lowest BCUT2D eigenvalue weighted by Gasteiger charge is -2.09. The number of amides is 2. The molecule has 0 aliphatic carbocycles. The zero-order valence-electron chi connectivity index (χ0n) is 15.5. The Bertz CT molecular complexity index is 1070. The van der Waals surface area contributed by atoms with E-state index in [2.05, 4.69) is 20.6 Å². The van der Waals surface area contributed by atoms with E-state index in [1.807, 2.05) is 32.0 Å². The van der Waals surface area contributed by atoms with Crippen molar-refractivity contribution in [2.45, 2.75) is 26.7 Å². The van der Waals surface area contributed by atoms with Gasteiger partial charge in [0.1, 0.15) is 5.56 Å². The Morgan fingerprint density at radius 3 is 2.79 bits per heavy atom. The van der Waals surface area contributed by atoms with Crippen LogP contribution in [-0.4, -0.2) is 21.8 Å². The third-order valence-corrected chi connectivity index (χ3v) is 4.92. The first-order valence-electron chi connectivity index (χ1n) is 8.73. The molecule has 3 aromatic rings. The fourth-order valence-electron chi connectivity index (χ4n) is 2.57. The number of anilines is 2. The van der Waals surface area contributed by atoms with Crippen molar-refractivity contribution in [3.05, 3.63) is 74.6 Å². The first kappa shape index (κ1) is 19.5. The molecule has 8 heteroatoms. The Labute approximate surface area is 165 Å². The summed E-state index contributed by atoms with van der Waals surface area (Å²) < 4.78 is 0. The second kappa shape index (κ2) is 8.62. The van der Waals surface area contributed by atoms with Crippen LogP contribution >= 0.6 is 11.3 Å². The Kier molecular flexibility index (Phi) is 6.00. The molecule has 0 saturated heterocycles. The van der Waals surface area contributed by atoms with E-state index in [9.17, 15) is 14.4 Å². The highest BCUT2D eigenvalue weighted by Crippen LogP contribution is 2.19. The molecule has 7 nitrogen and oxygen atoms in total. The van der Waals surface area contributed by atoms with E-state index in [0.717, 1.165) is 16.8 Å². The number of rotatable bonds is 6. The summed E-state index contributed by atoms with van der Waals surface area (Å²) in [5, 5.41) is 7.70. The smallest absolute Gasteiger partial charge is 0.263 e. The van der Waals surface area contributed by atoms with Crippen molar-refractivity contribution in [3.8, 4) is 0 Å². The molecule has 0 saturated carbocycles. The van der Waals surface area contributed by atoms with Crippen LogP contribution in [0.4, 0.5) is 10.8 Å². The molecule has 1 aromatic carbocycles. The number of aryl methyl sites for hydroxylation is 3. The van der Waals surface area contributed by atoms with Gasteiger partial charge in [0.15, 0.2) is 5.13 Å². The molecule has 2 amide bonds. The summed E-state index contributed by atoms with van der Waals surface area (Å²) in [4.78, 5) is 42.8. The average molecular weight is 396 g/mol. The number of aromatic amines is 1. The van der Waals surface area contributed by atoms with E-state index >= 15 is 0 Å². The van der Waals surface area contributed by atoms with Gasteiger partial charge in [-0.05, 0) is 49.6 Å². The second-order valence-corrected chi connectivity index (χ2v) is 7.24. The largest absolute Gasteiger partial charge is 0.328 e. The number of nitrogens with one attached hydrogen (secondary N) is 3. The summed E-state index contributed by atoms with van der Waals surface area (Å²) >= 11 is 1.25. The number of hydrogen-bond acceptors (Lipinski definition) is 5. The van der Waals surface area contributed by atoms with Crippen molar-refractivity contribution in [2.24, 2.45) is 0 Å². The van der Waals surface area contributed by atoms with E-state index in [1.165, 1.54) is 23.6 Å². The highest BCUT2D eigenvalue weighted by molar-refractivity contribution is 7.14. The van der Waals surface area contributed by atoms with Crippen molar-refractivity contribution in [1.82, 2.24) is 9.97 Å². The molecule has 0 aliphatic rings. The molecule has 2 heterocycles. The molecule has 28 heavy (non-hydrogen) atoms. The zero-order valence-corrected chi connectivity index (χ0v) is 16.4. The molecule has 0 atom stereocenters. The van der Waals surface area contributed by atoms with Crippen LogP contribution in [0.3, 0.4) is 0 Å². The molecule has 0 spiro atoms. The molecule has 144 valence electrons. The summed E-state index contributed by atoms with van der Waals surface area (Å²) in [5.41, 5.74) is 3.17. The standard InChI is InChI=1S/C20H20N4O3S/c1-12-5-6-13(2)16(10-12)23-17(25)8-7-14-11-28-20(22-14)24-19(27)15-4-3-9-21-18(15)26/h3-6,9-11H,7-8H2,1-2H3,(H,21,26)(H,23,25)(H,22,24,27). The van der Waals surface area contributed by atoms with Gasteiger partial charge in [0.2, 0.25) is 5.91 Å². The molecule has 0 fully saturated rings. The highest BCUT2D eigenvalue weighted by atomic mass is 32.1. The minimum absolute atomic E-state index is 0.0205. The van der Waals surface area contributed by atoms with Crippen molar-refractivity contribution in [2.75, 3.05) is 10.6 Å². The Morgan fingerprint density at radius 2 is 2.00 bits per heavy atom. The fraction of sp³-hybridized carbons (Fsp3) is 0.200. The lowest BCUT2D eigenvalue weighted by molar-refractivity contribution is -0.116. The molecular formula is C20H20N4O3S. The first-order chi connectivity index (χ1) is 13.4. The third kappa shape index (κ3) is 4.92. The van der Waals surface area contributed by atoms with E-state index in [1.54, 1.807) is 11.4 Å². The van der Waals surface area contributed by atoms with Crippen molar-refractivity contribution in [1.29, 1.82) is 0 Å².